The van der Waals surface area contributed by atoms with E-state index in [1.807, 2.05) is 30.4 Å². The number of nitrogens with zero attached hydrogens (tertiary/aromatic N) is 1. The van der Waals surface area contributed by atoms with E-state index in [1.165, 1.54) is 17.5 Å². The van der Waals surface area contributed by atoms with E-state index < -0.39 is 30.1 Å². The number of carbonyl (C=O) groups excluding carboxylic acids is 3. The molecule has 0 spiro atoms. The van der Waals surface area contributed by atoms with Crippen LogP contribution in [-0.4, -0.2) is 78.6 Å². The van der Waals surface area contributed by atoms with Gasteiger partial charge in [-0.3, -0.25) is 9.69 Å². The summed E-state index contributed by atoms with van der Waals surface area (Å²) in [5.74, 6) is -2.37. The Labute approximate surface area is 272 Å². The summed E-state index contributed by atoms with van der Waals surface area (Å²) in [6, 6.07) is 18.8. The van der Waals surface area contributed by atoms with Crippen LogP contribution in [0.4, 0.5) is 0 Å². The number of carbonyl (C=O) groups is 3. The summed E-state index contributed by atoms with van der Waals surface area (Å²) in [7, 11) is 0. The molecule has 9 heteroatoms. The molecular weight excluding hydrogens is 586 g/mol. The maximum atomic E-state index is 12.4. The van der Waals surface area contributed by atoms with Gasteiger partial charge in [-0.15, -0.1) is 0 Å². The van der Waals surface area contributed by atoms with Crippen molar-refractivity contribution in [1.29, 1.82) is 0 Å². The molecule has 0 aromatic heterocycles. The van der Waals surface area contributed by atoms with Gasteiger partial charge >= 0.3 is 17.9 Å². The fraction of sp³-hybridized carbons (Fsp3) is 0.541. The summed E-state index contributed by atoms with van der Waals surface area (Å²) in [6.45, 7) is 5.82. The number of likely N-dealkylation sites (tertiary alicyclic amines) is 1. The molecule has 46 heavy (non-hydrogen) atoms. The molecule has 250 valence electrons. The minimum Gasteiger partial charge on any atom is -0.463 e. The highest BCUT2D eigenvalue weighted by atomic mass is 16.6. The fourth-order valence-corrected chi connectivity index (χ4v) is 6.51. The van der Waals surface area contributed by atoms with Crippen LogP contribution in [0.25, 0.3) is 11.1 Å². The SMILES string of the molecule is CCOC(=O)C(OC(=O)CCC=CCC[C@@H]1[C@@H](N2CCCCC2)[C@@H](O)C[C@@H]1OCc1ccc(-c2ccccc2)cc1)C(=O)OCC. The molecule has 0 radical (unpaired) electrons. The van der Waals surface area contributed by atoms with Crippen LogP contribution in [-0.2, 0) is 39.9 Å². The van der Waals surface area contributed by atoms with Gasteiger partial charge in [0, 0.05) is 24.8 Å². The van der Waals surface area contributed by atoms with Crippen molar-refractivity contribution in [1.82, 2.24) is 4.90 Å². The summed E-state index contributed by atoms with van der Waals surface area (Å²) in [5.41, 5.74) is 3.46. The summed E-state index contributed by atoms with van der Waals surface area (Å²) in [6.07, 6.45) is 7.95. The second kappa shape index (κ2) is 18.6. The summed E-state index contributed by atoms with van der Waals surface area (Å²) in [5, 5.41) is 11.2. The molecular formula is C37H49NO8. The van der Waals surface area contributed by atoms with E-state index in [0.29, 0.717) is 19.4 Å². The number of hydrogen-bond acceptors (Lipinski definition) is 9. The summed E-state index contributed by atoms with van der Waals surface area (Å²) >= 11 is 0. The molecule has 9 nitrogen and oxygen atoms in total. The van der Waals surface area contributed by atoms with Crippen molar-refractivity contribution >= 4 is 17.9 Å². The number of piperidine rings is 1. The lowest BCUT2D eigenvalue weighted by Gasteiger charge is -2.38. The van der Waals surface area contributed by atoms with E-state index in [4.69, 9.17) is 18.9 Å². The highest BCUT2D eigenvalue weighted by Crippen LogP contribution is 2.38. The second-order valence-corrected chi connectivity index (χ2v) is 11.9. The van der Waals surface area contributed by atoms with Crippen LogP contribution in [0.5, 0.6) is 0 Å². The number of aliphatic hydroxyl groups excluding tert-OH is 1. The lowest BCUT2D eigenvalue weighted by Crippen LogP contribution is -2.47. The first-order valence-electron chi connectivity index (χ1n) is 16.8. The highest BCUT2D eigenvalue weighted by molar-refractivity contribution is 5.99. The number of hydrogen-bond donors (Lipinski definition) is 1. The predicted molar refractivity (Wildman–Crippen MR) is 175 cm³/mol. The van der Waals surface area contributed by atoms with Gasteiger partial charge in [0.15, 0.2) is 0 Å². The lowest BCUT2D eigenvalue weighted by molar-refractivity contribution is -0.180. The number of allylic oxidation sites excluding steroid dienone is 2. The number of esters is 3. The quantitative estimate of drug-likeness (QED) is 0.109. The highest BCUT2D eigenvalue weighted by Gasteiger charge is 2.45. The van der Waals surface area contributed by atoms with Gasteiger partial charge in [-0.2, -0.15) is 0 Å². The van der Waals surface area contributed by atoms with Gasteiger partial charge < -0.3 is 24.1 Å². The molecule has 4 atom stereocenters. The van der Waals surface area contributed by atoms with Crippen LogP contribution in [0.2, 0.25) is 0 Å². The number of rotatable bonds is 16. The second-order valence-electron chi connectivity index (χ2n) is 11.9. The van der Waals surface area contributed by atoms with Gasteiger partial charge in [0.1, 0.15) is 0 Å². The van der Waals surface area contributed by atoms with Crippen molar-refractivity contribution in [3.63, 3.8) is 0 Å². The molecule has 1 saturated heterocycles. The Morgan fingerprint density at radius 1 is 0.870 bits per heavy atom. The zero-order valence-corrected chi connectivity index (χ0v) is 27.2. The van der Waals surface area contributed by atoms with Crippen molar-refractivity contribution in [3.05, 3.63) is 72.3 Å². The van der Waals surface area contributed by atoms with E-state index in [0.717, 1.165) is 44.3 Å². The van der Waals surface area contributed by atoms with Crippen molar-refractivity contribution in [2.45, 2.75) is 96.2 Å². The van der Waals surface area contributed by atoms with Crippen molar-refractivity contribution in [2.75, 3.05) is 26.3 Å². The van der Waals surface area contributed by atoms with E-state index in [1.54, 1.807) is 13.8 Å². The van der Waals surface area contributed by atoms with E-state index in [-0.39, 0.29) is 37.7 Å². The van der Waals surface area contributed by atoms with E-state index in [9.17, 15) is 19.5 Å². The first kappa shape index (κ1) is 35.3. The molecule has 1 aliphatic carbocycles. The lowest BCUT2D eigenvalue weighted by atomic mass is 9.92. The Balaban J connectivity index is 1.30. The van der Waals surface area contributed by atoms with Gasteiger partial charge in [-0.25, -0.2) is 9.59 Å². The topological polar surface area (TPSA) is 112 Å². The number of benzene rings is 2. The maximum absolute atomic E-state index is 12.4. The largest absolute Gasteiger partial charge is 0.463 e. The fourth-order valence-electron chi connectivity index (χ4n) is 6.51. The first-order chi connectivity index (χ1) is 22.4. The van der Waals surface area contributed by atoms with E-state index >= 15 is 0 Å². The average molecular weight is 636 g/mol. The smallest absolute Gasteiger partial charge is 0.359 e. The van der Waals surface area contributed by atoms with Crippen LogP contribution in [0, 0.1) is 5.92 Å². The Kier molecular flexibility index (Phi) is 14.3. The van der Waals surface area contributed by atoms with Crippen LogP contribution in [0.3, 0.4) is 0 Å². The van der Waals surface area contributed by atoms with Gasteiger partial charge in [0.2, 0.25) is 0 Å². The minimum absolute atomic E-state index is 0.0130. The first-order valence-corrected chi connectivity index (χ1v) is 16.8. The summed E-state index contributed by atoms with van der Waals surface area (Å²) in [4.78, 5) is 39.0. The molecule has 1 saturated carbocycles. The molecule has 0 bridgehead atoms. The van der Waals surface area contributed by atoms with Gasteiger partial charge in [0.25, 0.3) is 6.10 Å². The average Bonchev–Trinajstić information content (AvgIpc) is 3.39. The number of aliphatic hydroxyl groups is 1. The van der Waals surface area contributed by atoms with Crippen molar-refractivity contribution in [3.8, 4) is 11.1 Å². The van der Waals surface area contributed by atoms with Crippen molar-refractivity contribution in [2.24, 2.45) is 5.92 Å². The van der Waals surface area contributed by atoms with Gasteiger partial charge in [-0.05, 0) is 75.7 Å². The molecule has 0 amide bonds. The molecule has 2 aromatic carbocycles. The summed E-state index contributed by atoms with van der Waals surface area (Å²) < 4.78 is 21.3. The molecule has 2 aliphatic rings. The van der Waals surface area contributed by atoms with E-state index in [2.05, 4.69) is 41.3 Å². The van der Waals surface area contributed by atoms with Crippen molar-refractivity contribution < 1.29 is 38.4 Å². The zero-order valence-electron chi connectivity index (χ0n) is 27.2. The molecule has 0 unspecified atom stereocenters. The molecule has 2 aromatic rings. The Morgan fingerprint density at radius 3 is 2.15 bits per heavy atom. The third kappa shape index (κ3) is 10.2. The monoisotopic (exact) mass is 635 g/mol. The molecule has 4 rings (SSSR count). The third-order valence-electron chi connectivity index (χ3n) is 8.72. The van der Waals surface area contributed by atoms with Crippen LogP contribution in [0.15, 0.2) is 66.7 Å². The van der Waals surface area contributed by atoms with Crippen LogP contribution >= 0.6 is 0 Å². The standard InChI is InChI=1S/C37H49NO8/c1-3-43-36(41)35(37(42)44-4-2)46-33(40)18-12-6-5-11-17-30-32(25-31(39)34(30)38-23-13-8-14-24-38)45-26-27-19-21-29(22-20-27)28-15-9-7-10-16-28/h5-7,9-10,15-16,19-22,30-32,34-35,39H,3-4,8,11-14,17-18,23-26H2,1-2H3/t30-,31-,32-,34+/m0/s1. The van der Waals surface area contributed by atoms with Gasteiger partial charge in [-0.1, -0.05) is 73.2 Å². The Bertz CT molecular complexity index is 1240. The maximum Gasteiger partial charge on any atom is 0.359 e. The predicted octanol–water partition coefficient (Wildman–Crippen LogP) is 5.63. The Hall–Kier alpha value is -3.53. The normalized spacial score (nSPS) is 21.8. The van der Waals surface area contributed by atoms with Crippen LogP contribution in [0.1, 0.15) is 70.8 Å². The van der Waals surface area contributed by atoms with Crippen LogP contribution < -0.4 is 0 Å². The Morgan fingerprint density at radius 2 is 1.50 bits per heavy atom. The zero-order chi connectivity index (χ0) is 32.7. The molecule has 2 fully saturated rings. The third-order valence-corrected chi connectivity index (χ3v) is 8.72. The molecule has 1 heterocycles. The number of ether oxygens (including phenoxy) is 4. The molecule has 1 N–H and O–H groups in total. The minimum atomic E-state index is -1.71. The molecule has 1 aliphatic heterocycles. The van der Waals surface area contributed by atoms with Gasteiger partial charge in [0.05, 0.1) is 32.0 Å².